The van der Waals surface area contributed by atoms with Gasteiger partial charge in [0, 0.05) is 31.1 Å². The molecule has 0 bridgehead atoms. The Morgan fingerprint density at radius 3 is 2.71 bits per heavy atom. The minimum Gasteiger partial charge on any atom is -0.393 e. The van der Waals surface area contributed by atoms with Gasteiger partial charge in [0.15, 0.2) is 16.8 Å². The van der Waals surface area contributed by atoms with E-state index < -0.39 is 0 Å². The number of rotatable bonds is 6. The predicted molar refractivity (Wildman–Crippen MR) is 97.1 cm³/mol. The minimum absolute atomic E-state index is 0.505. The summed E-state index contributed by atoms with van der Waals surface area (Å²) in [7, 11) is 0. The summed E-state index contributed by atoms with van der Waals surface area (Å²) in [6.45, 7) is 9.27. The lowest BCUT2D eigenvalue weighted by Gasteiger charge is -2.26. The van der Waals surface area contributed by atoms with Crippen LogP contribution in [0.5, 0.6) is 0 Å². The van der Waals surface area contributed by atoms with Gasteiger partial charge in [-0.25, -0.2) is 15.0 Å². The van der Waals surface area contributed by atoms with Gasteiger partial charge in [-0.2, -0.15) is 0 Å². The summed E-state index contributed by atoms with van der Waals surface area (Å²) in [6.07, 6.45) is 1.50. The van der Waals surface area contributed by atoms with Gasteiger partial charge in [0.25, 0.3) is 0 Å². The number of hydrogen-bond acceptors (Lipinski definition) is 9. The number of morpholine rings is 1. The maximum absolute atomic E-state index is 6.19. The van der Waals surface area contributed by atoms with Crippen LogP contribution in [0.4, 0.5) is 22.5 Å². The van der Waals surface area contributed by atoms with Crippen molar-refractivity contribution in [1.29, 1.82) is 0 Å². The van der Waals surface area contributed by atoms with Crippen LogP contribution >= 0.6 is 11.3 Å². The van der Waals surface area contributed by atoms with Gasteiger partial charge < -0.3 is 21.1 Å². The molecular formula is C15H23N7OS. The predicted octanol–water partition coefficient (Wildman–Crippen LogP) is 1.62. The molecule has 0 unspecified atom stereocenters. The van der Waals surface area contributed by atoms with Gasteiger partial charge in [0.2, 0.25) is 0 Å². The van der Waals surface area contributed by atoms with E-state index in [0.717, 1.165) is 50.2 Å². The molecule has 0 radical (unpaired) electrons. The van der Waals surface area contributed by atoms with Crippen molar-refractivity contribution in [2.75, 3.05) is 55.8 Å². The second kappa shape index (κ2) is 7.73. The molecule has 0 amide bonds. The molecule has 1 saturated heterocycles. The lowest BCUT2D eigenvalue weighted by Crippen LogP contribution is -2.39. The molecule has 130 valence electrons. The third-order valence-corrected chi connectivity index (χ3v) is 4.95. The topological polar surface area (TPSA) is 101 Å². The van der Waals surface area contributed by atoms with Crippen LogP contribution in [-0.4, -0.2) is 59.2 Å². The first kappa shape index (κ1) is 16.9. The van der Waals surface area contributed by atoms with E-state index in [4.69, 9.17) is 10.5 Å². The fraction of sp³-hybridized carbons (Fsp3) is 0.533. The molecule has 2 aromatic rings. The highest BCUT2D eigenvalue weighted by Gasteiger charge is 2.12. The first-order chi connectivity index (χ1) is 11.6. The molecule has 0 spiro atoms. The zero-order valence-electron chi connectivity index (χ0n) is 14.0. The monoisotopic (exact) mass is 349 g/mol. The molecule has 0 saturated carbocycles. The molecule has 0 aliphatic carbocycles. The first-order valence-corrected chi connectivity index (χ1v) is 8.80. The van der Waals surface area contributed by atoms with Crippen molar-refractivity contribution < 1.29 is 4.74 Å². The van der Waals surface area contributed by atoms with E-state index in [2.05, 4.69) is 30.5 Å². The van der Waals surface area contributed by atoms with Crippen molar-refractivity contribution in [2.45, 2.75) is 13.8 Å². The molecule has 0 atom stereocenters. The Hall–Kier alpha value is -1.97. The highest BCUT2D eigenvalue weighted by Crippen LogP contribution is 2.29. The number of nitrogen functional groups attached to an aromatic ring is 1. The molecular weight excluding hydrogens is 326 g/mol. The summed E-state index contributed by atoms with van der Waals surface area (Å²) in [5.74, 6) is 1.22. The van der Waals surface area contributed by atoms with Gasteiger partial charge in [0.1, 0.15) is 12.0 Å². The van der Waals surface area contributed by atoms with Crippen LogP contribution in [0.2, 0.25) is 0 Å². The van der Waals surface area contributed by atoms with Gasteiger partial charge in [-0.15, -0.1) is 11.3 Å². The van der Waals surface area contributed by atoms with Crippen molar-refractivity contribution >= 4 is 33.8 Å². The third kappa shape index (κ3) is 4.11. The number of nitrogens with one attached hydrogen (secondary N) is 2. The Balaban J connectivity index is 1.60. The van der Waals surface area contributed by atoms with E-state index in [0.29, 0.717) is 17.3 Å². The number of ether oxygens (including phenoxy) is 1. The van der Waals surface area contributed by atoms with E-state index in [-0.39, 0.29) is 0 Å². The Morgan fingerprint density at radius 2 is 2.00 bits per heavy atom. The van der Waals surface area contributed by atoms with E-state index in [1.165, 1.54) is 11.2 Å². The number of aromatic nitrogens is 3. The van der Waals surface area contributed by atoms with Crippen molar-refractivity contribution in [1.82, 2.24) is 19.9 Å². The van der Waals surface area contributed by atoms with Crippen molar-refractivity contribution in [3.05, 3.63) is 16.9 Å². The lowest BCUT2D eigenvalue weighted by molar-refractivity contribution is 0.0398. The standard InChI is InChI=1S/C15H23N7OS/c1-10-11(2)24-15(20-10)21-14-12(16)13(18-9-19-14)17-3-4-22-5-7-23-8-6-22/h9H,3-8,16H2,1-2H3,(H2,17,18,19,20,21). The zero-order chi connectivity index (χ0) is 16.9. The quantitative estimate of drug-likeness (QED) is 0.723. The summed E-state index contributed by atoms with van der Waals surface area (Å²) in [4.78, 5) is 16.4. The Bertz CT molecular complexity index is 665. The summed E-state index contributed by atoms with van der Waals surface area (Å²) in [5, 5.41) is 7.25. The van der Waals surface area contributed by atoms with E-state index in [1.807, 2.05) is 13.8 Å². The van der Waals surface area contributed by atoms with Gasteiger partial charge in [-0.1, -0.05) is 0 Å². The zero-order valence-corrected chi connectivity index (χ0v) is 14.8. The maximum Gasteiger partial charge on any atom is 0.188 e. The Kier molecular flexibility index (Phi) is 5.44. The van der Waals surface area contributed by atoms with Crippen molar-refractivity contribution in [3.63, 3.8) is 0 Å². The van der Waals surface area contributed by atoms with Crippen molar-refractivity contribution in [3.8, 4) is 0 Å². The minimum atomic E-state index is 0.505. The normalized spacial score (nSPS) is 15.4. The van der Waals surface area contributed by atoms with E-state index in [9.17, 15) is 0 Å². The largest absolute Gasteiger partial charge is 0.393 e. The summed E-state index contributed by atoms with van der Waals surface area (Å²) < 4.78 is 5.35. The number of anilines is 4. The van der Waals surface area contributed by atoms with Gasteiger partial charge in [0.05, 0.1) is 18.9 Å². The number of thiazole rings is 1. The Morgan fingerprint density at radius 1 is 1.25 bits per heavy atom. The number of nitrogens with two attached hydrogens (primary N) is 1. The molecule has 1 aliphatic rings. The average molecular weight is 349 g/mol. The molecule has 9 heteroatoms. The highest BCUT2D eigenvalue weighted by atomic mass is 32.1. The number of nitrogens with zero attached hydrogens (tertiary/aromatic N) is 4. The molecule has 0 aromatic carbocycles. The molecule has 1 aliphatic heterocycles. The molecule has 8 nitrogen and oxygen atoms in total. The summed E-state index contributed by atoms with van der Waals surface area (Å²) in [6, 6.07) is 0. The van der Waals surface area contributed by atoms with E-state index in [1.54, 1.807) is 11.3 Å². The van der Waals surface area contributed by atoms with E-state index >= 15 is 0 Å². The Labute approximate surface area is 145 Å². The third-order valence-electron chi connectivity index (χ3n) is 3.96. The van der Waals surface area contributed by atoms with Crippen LogP contribution in [0.25, 0.3) is 0 Å². The van der Waals surface area contributed by atoms with Crippen LogP contribution in [0.1, 0.15) is 10.6 Å². The smallest absolute Gasteiger partial charge is 0.188 e. The van der Waals surface area contributed by atoms with Crippen LogP contribution in [-0.2, 0) is 4.74 Å². The van der Waals surface area contributed by atoms with Gasteiger partial charge in [-0.3, -0.25) is 4.90 Å². The first-order valence-electron chi connectivity index (χ1n) is 7.99. The number of aryl methyl sites for hydroxylation is 2. The fourth-order valence-electron chi connectivity index (χ4n) is 2.42. The average Bonchev–Trinajstić information content (AvgIpc) is 2.90. The SMILES string of the molecule is Cc1nc(Nc2ncnc(NCCN3CCOCC3)c2N)sc1C. The fourth-order valence-corrected chi connectivity index (χ4v) is 3.23. The molecule has 3 heterocycles. The summed E-state index contributed by atoms with van der Waals surface area (Å²) in [5.41, 5.74) is 7.71. The maximum atomic E-state index is 6.19. The molecule has 2 aromatic heterocycles. The van der Waals surface area contributed by atoms with Crippen LogP contribution < -0.4 is 16.4 Å². The van der Waals surface area contributed by atoms with Crippen LogP contribution in [0, 0.1) is 13.8 Å². The van der Waals surface area contributed by atoms with Gasteiger partial charge in [-0.05, 0) is 13.8 Å². The lowest BCUT2D eigenvalue weighted by atomic mass is 10.4. The molecule has 24 heavy (non-hydrogen) atoms. The van der Waals surface area contributed by atoms with Crippen LogP contribution in [0.15, 0.2) is 6.33 Å². The molecule has 4 N–H and O–H groups in total. The van der Waals surface area contributed by atoms with Gasteiger partial charge >= 0.3 is 0 Å². The number of hydrogen-bond donors (Lipinski definition) is 3. The highest BCUT2D eigenvalue weighted by molar-refractivity contribution is 7.15. The molecule has 1 fully saturated rings. The van der Waals surface area contributed by atoms with Crippen LogP contribution in [0.3, 0.4) is 0 Å². The second-order valence-corrected chi connectivity index (χ2v) is 6.85. The summed E-state index contributed by atoms with van der Waals surface area (Å²) >= 11 is 1.58. The second-order valence-electron chi connectivity index (χ2n) is 5.65. The van der Waals surface area contributed by atoms with Crippen molar-refractivity contribution in [2.24, 2.45) is 0 Å². The molecule has 3 rings (SSSR count).